The van der Waals surface area contributed by atoms with Gasteiger partial charge in [-0.05, 0) is 28.3 Å². The molecule has 0 spiro atoms. The summed E-state index contributed by atoms with van der Waals surface area (Å²) in [5, 5.41) is 3.34. The van der Waals surface area contributed by atoms with Crippen LogP contribution < -0.4 is 5.32 Å². The van der Waals surface area contributed by atoms with Crippen LogP contribution in [0.25, 0.3) is 16.8 Å². The normalized spacial score (nSPS) is 10.2. The van der Waals surface area contributed by atoms with Gasteiger partial charge in [0.25, 0.3) is 0 Å². The highest BCUT2D eigenvalue weighted by Gasteiger charge is 2.01. The summed E-state index contributed by atoms with van der Waals surface area (Å²) in [7, 11) is 0. The van der Waals surface area contributed by atoms with E-state index in [0.717, 1.165) is 23.4 Å². The van der Waals surface area contributed by atoms with Crippen molar-refractivity contribution in [2.75, 3.05) is 0 Å². The molecule has 108 valence electrons. The molecule has 0 aliphatic heterocycles. The molecule has 1 heterocycles. The molecule has 0 unspecified atom stereocenters. The number of rotatable bonds is 5. The van der Waals surface area contributed by atoms with Crippen LogP contribution in [0.1, 0.15) is 11.1 Å². The third-order valence-corrected chi connectivity index (χ3v) is 3.57. The topological polar surface area (TPSA) is 24.9 Å². The van der Waals surface area contributed by atoms with E-state index < -0.39 is 0 Å². The fourth-order valence-electron chi connectivity index (χ4n) is 2.31. The monoisotopic (exact) mass is 286 g/mol. The molecule has 0 saturated carbocycles. The minimum absolute atomic E-state index is 0.729. The Kier molecular flexibility index (Phi) is 4.30. The fourth-order valence-corrected chi connectivity index (χ4v) is 2.31. The van der Waals surface area contributed by atoms with Gasteiger partial charge in [0.2, 0.25) is 0 Å². The average molecular weight is 286 g/mol. The highest BCUT2D eigenvalue weighted by molar-refractivity contribution is 5.68. The average Bonchev–Trinajstić information content (AvgIpc) is 2.61. The minimum Gasteiger partial charge on any atom is -0.381 e. The number of nitrogens with zero attached hydrogens (tertiary/aromatic N) is 1. The smallest absolute Gasteiger partial charge is 0.0416 e. The molecule has 22 heavy (non-hydrogen) atoms. The van der Waals surface area contributed by atoms with Crippen LogP contribution in [-0.2, 0) is 6.54 Å². The van der Waals surface area contributed by atoms with E-state index >= 15 is 0 Å². The number of aromatic nitrogens is 1. The van der Waals surface area contributed by atoms with Crippen LogP contribution in [0.3, 0.4) is 0 Å². The van der Waals surface area contributed by atoms with Gasteiger partial charge in [0.1, 0.15) is 0 Å². The fraction of sp³-hybridized carbons (Fsp3) is 0.0500. The van der Waals surface area contributed by atoms with Crippen LogP contribution in [0.5, 0.6) is 0 Å². The maximum atomic E-state index is 4.11. The third-order valence-electron chi connectivity index (χ3n) is 3.57. The van der Waals surface area contributed by atoms with Crippen molar-refractivity contribution in [3.05, 3.63) is 96.8 Å². The predicted octanol–water partition coefficient (Wildman–Crippen LogP) is 4.51. The lowest BCUT2D eigenvalue weighted by Gasteiger charge is -2.10. The molecule has 0 aliphatic carbocycles. The lowest BCUT2D eigenvalue weighted by molar-refractivity contribution is 0.884. The number of nitrogens with one attached hydrogen (secondary N) is 1. The molecule has 0 atom stereocenters. The molecule has 2 heteroatoms. The maximum Gasteiger partial charge on any atom is 0.0416 e. The summed E-state index contributed by atoms with van der Waals surface area (Å²) in [6, 6.07) is 22.8. The minimum atomic E-state index is 0.729. The molecule has 0 radical (unpaired) electrons. The molecular formula is C20H18N2. The van der Waals surface area contributed by atoms with Gasteiger partial charge in [-0.25, -0.2) is 0 Å². The molecule has 3 rings (SSSR count). The summed E-state index contributed by atoms with van der Waals surface area (Å²) in [5.41, 5.74) is 5.60. The number of pyridine rings is 1. The van der Waals surface area contributed by atoms with Crippen molar-refractivity contribution < 1.29 is 0 Å². The van der Waals surface area contributed by atoms with E-state index in [1.165, 1.54) is 11.1 Å². The van der Waals surface area contributed by atoms with E-state index in [-0.39, 0.29) is 0 Å². The first-order valence-electron chi connectivity index (χ1n) is 7.30. The Morgan fingerprint density at radius 3 is 2.27 bits per heavy atom. The van der Waals surface area contributed by atoms with Crippen molar-refractivity contribution in [3.63, 3.8) is 0 Å². The largest absolute Gasteiger partial charge is 0.381 e. The van der Waals surface area contributed by atoms with Gasteiger partial charge in [0.05, 0.1) is 0 Å². The highest BCUT2D eigenvalue weighted by Crippen LogP contribution is 2.21. The molecule has 0 amide bonds. The van der Waals surface area contributed by atoms with Gasteiger partial charge < -0.3 is 5.32 Å². The molecule has 2 aromatic carbocycles. The van der Waals surface area contributed by atoms with Crippen LogP contribution >= 0.6 is 0 Å². The Bertz CT molecular complexity index is 732. The zero-order valence-electron chi connectivity index (χ0n) is 12.4. The molecule has 2 nitrogen and oxygen atoms in total. The summed E-state index contributed by atoms with van der Waals surface area (Å²) in [6.45, 7) is 4.84. The SMILES string of the molecule is C=C(NCc1cccnc1)c1ccc(-c2ccccc2)cc1. The Hall–Kier alpha value is -2.87. The first kappa shape index (κ1) is 14.1. The zero-order chi connectivity index (χ0) is 15.2. The highest BCUT2D eigenvalue weighted by atomic mass is 14.9. The van der Waals surface area contributed by atoms with Crippen LogP contribution in [0, 0.1) is 0 Å². The first-order chi connectivity index (χ1) is 10.8. The first-order valence-corrected chi connectivity index (χ1v) is 7.30. The van der Waals surface area contributed by atoms with E-state index in [1.807, 2.05) is 24.4 Å². The van der Waals surface area contributed by atoms with Crippen LogP contribution in [0.15, 0.2) is 85.7 Å². The van der Waals surface area contributed by atoms with Gasteiger partial charge in [-0.2, -0.15) is 0 Å². The quantitative estimate of drug-likeness (QED) is 0.746. The molecule has 3 aromatic rings. The van der Waals surface area contributed by atoms with Gasteiger partial charge in [-0.15, -0.1) is 0 Å². The van der Waals surface area contributed by atoms with Crippen molar-refractivity contribution in [1.29, 1.82) is 0 Å². The van der Waals surface area contributed by atoms with Gasteiger partial charge in [0.15, 0.2) is 0 Å². The van der Waals surface area contributed by atoms with E-state index in [2.05, 4.69) is 65.4 Å². The van der Waals surface area contributed by atoms with Crippen LogP contribution in [0.2, 0.25) is 0 Å². The molecule has 0 aliphatic rings. The van der Waals surface area contributed by atoms with Crippen molar-refractivity contribution in [2.24, 2.45) is 0 Å². The van der Waals surface area contributed by atoms with Crippen LogP contribution in [-0.4, -0.2) is 4.98 Å². The second-order valence-corrected chi connectivity index (χ2v) is 5.14. The maximum absolute atomic E-state index is 4.11. The second-order valence-electron chi connectivity index (χ2n) is 5.14. The van der Waals surface area contributed by atoms with E-state index in [1.54, 1.807) is 6.20 Å². The molecule has 0 fully saturated rings. The van der Waals surface area contributed by atoms with Crippen molar-refractivity contribution in [3.8, 4) is 11.1 Å². The van der Waals surface area contributed by atoms with Crippen molar-refractivity contribution in [1.82, 2.24) is 10.3 Å². The standard InChI is InChI=1S/C20H18N2/c1-16(22-15-17-6-5-13-21-14-17)18-9-11-20(12-10-18)19-7-3-2-4-8-19/h2-14,22H,1,15H2. The van der Waals surface area contributed by atoms with Gasteiger partial charge in [-0.3, -0.25) is 4.98 Å². The van der Waals surface area contributed by atoms with Crippen molar-refractivity contribution in [2.45, 2.75) is 6.54 Å². The molecule has 1 aromatic heterocycles. The Morgan fingerprint density at radius 2 is 1.59 bits per heavy atom. The number of benzene rings is 2. The summed E-state index contributed by atoms with van der Waals surface area (Å²) in [6.07, 6.45) is 3.64. The number of hydrogen-bond donors (Lipinski definition) is 1. The second kappa shape index (κ2) is 6.72. The Morgan fingerprint density at radius 1 is 0.864 bits per heavy atom. The van der Waals surface area contributed by atoms with E-state index in [4.69, 9.17) is 0 Å². The molecule has 1 N–H and O–H groups in total. The third kappa shape index (κ3) is 3.41. The lowest BCUT2D eigenvalue weighted by atomic mass is 10.0. The van der Waals surface area contributed by atoms with E-state index in [0.29, 0.717) is 0 Å². The summed E-state index contributed by atoms with van der Waals surface area (Å²) >= 11 is 0. The zero-order valence-corrected chi connectivity index (χ0v) is 12.4. The number of hydrogen-bond acceptors (Lipinski definition) is 2. The van der Waals surface area contributed by atoms with Crippen LogP contribution in [0.4, 0.5) is 0 Å². The summed E-state index contributed by atoms with van der Waals surface area (Å²) in [5.74, 6) is 0. The van der Waals surface area contributed by atoms with Gasteiger partial charge in [0, 0.05) is 24.6 Å². The molecular weight excluding hydrogens is 268 g/mol. The predicted molar refractivity (Wildman–Crippen MR) is 92.0 cm³/mol. The molecule has 0 bridgehead atoms. The van der Waals surface area contributed by atoms with E-state index in [9.17, 15) is 0 Å². The van der Waals surface area contributed by atoms with Gasteiger partial charge >= 0.3 is 0 Å². The lowest BCUT2D eigenvalue weighted by Crippen LogP contribution is -2.10. The summed E-state index contributed by atoms with van der Waals surface area (Å²) in [4.78, 5) is 4.11. The molecule has 0 saturated heterocycles. The van der Waals surface area contributed by atoms with Gasteiger partial charge in [-0.1, -0.05) is 67.2 Å². The summed E-state index contributed by atoms with van der Waals surface area (Å²) < 4.78 is 0. The van der Waals surface area contributed by atoms with Crippen molar-refractivity contribution >= 4 is 5.70 Å². The Balaban J connectivity index is 1.66. The Labute approximate surface area is 131 Å².